The highest BCUT2D eigenvalue weighted by Crippen LogP contribution is 2.21. The van der Waals surface area contributed by atoms with Crippen molar-refractivity contribution in [1.82, 2.24) is 15.0 Å². The molecule has 0 aliphatic heterocycles. The second-order valence-electron chi connectivity index (χ2n) is 4.83. The highest BCUT2D eigenvalue weighted by molar-refractivity contribution is 6.03. The van der Waals surface area contributed by atoms with Gasteiger partial charge in [-0.25, -0.2) is 19.3 Å². The molecule has 25 heavy (non-hydrogen) atoms. The van der Waals surface area contributed by atoms with E-state index in [0.29, 0.717) is 17.1 Å². The van der Waals surface area contributed by atoms with Crippen LogP contribution in [0.3, 0.4) is 0 Å². The maximum Gasteiger partial charge on any atom is 0.322 e. The lowest BCUT2D eigenvalue weighted by molar-refractivity contribution is 0.102. The predicted molar refractivity (Wildman–Crippen MR) is 87.2 cm³/mol. The number of benzene rings is 1. The van der Waals surface area contributed by atoms with Crippen molar-refractivity contribution in [2.75, 3.05) is 12.4 Å². The van der Waals surface area contributed by atoms with Crippen molar-refractivity contribution in [3.05, 3.63) is 66.4 Å². The van der Waals surface area contributed by atoms with Crippen molar-refractivity contribution < 1.29 is 18.7 Å². The van der Waals surface area contributed by atoms with Gasteiger partial charge in [-0.05, 0) is 18.2 Å². The summed E-state index contributed by atoms with van der Waals surface area (Å²) in [5.74, 6) is -0.463. The Morgan fingerprint density at radius 1 is 1.04 bits per heavy atom. The lowest BCUT2D eigenvalue weighted by atomic mass is 10.2. The van der Waals surface area contributed by atoms with Gasteiger partial charge in [0.15, 0.2) is 11.6 Å². The zero-order valence-electron chi connectivity index (χ0n) is 13.1. The third-order valence-corrected chi connectivity index (χ3v) is 3.13. The average Bonchev–Trinajstić information content (AvgIpc) is 2.65. The van der Waals surface area contributed by atoms with Gasteiger partial charge < -0.3 is 14.8 Å². The molecule has 2 aromatic heterocycles. The van der Waals surface area contributed by atoms with Crippen LogP contribution >= 0.6 is 0 Å². The Kier molecular flexibility index (Phi) is 4.79. The molecule has 3 aromatic rings. The molecule has 0 radical (unpaired) electrons. The molecule has 126 valence electrons. The maximum absolute atomic E-state index is 13.5. The van der Waals surface area contributed by atoms with Crippen LogP contribution in [0.2, 0.25) is 0 Å². The predicted octanol–water partition coefficient (Wildman–Crippen LogP) is 3.06. The van der Waals surface area contributed by atoms with Crippen molar-refractivity contribution in [3.63, 3.8) is 0 Å². The Hall–Kier alpha value is -3.55. The van der Waals surface area contributed by atoms with Crippen molar-refractivity contribution in [1.29, 1.82) is 0 Å². The van der Waals surface area contributed by atoms with E-state index in [2.05, 4.69) is 20.3 Å². The number of nitrogens with one attached hydrogen (secondary N) is 1. The summed E-state index contributed by atoms with van der Waals surface area (Å²) in [7, 11) is 1.49. The molecule has 8 heteroatoms. The number of rotatable bonds is 5. The Balaban J connectivity index is 1.65. The third-order valence-electron chi connectivity index (χ3n) is 3.13. The number of carbonyl (C=O) groups is 1. The Labute approximate surface area is 142 Å². The highest BCUT2D eigenvalue weighted by Gasteiger charge is 2.09. The van der Waals surface area contributed by atoms with E-state index in [4.69, 9.17) is 9.47 Å². The number of pyridine rings is 1. The van der Waals surface area contributed by atoms with Crippen LogP contribution < -0.4 is 14.8 Å². The van der Waals surface area contributed by atoms with Crippen LogP contribution in [0.5, 0.6) is 17.6 Å². The quantitative estimate of drug-likeness (QED) is 0.768. The van der Waals surface area contributed by atoms with E-state index in [-0.39, 0.29) is 17.7 Å². The Morgan fingerprint density at radius 3 is 2.44 bits per heavy atom. The summed E-state index contributed by atoms with van der Waals surface area (Å²) in [6.45, 7) is 0. The van der Waals surface area contributed by atoms with Crippen LogP contribution in [0.15, 0.2) is 55.0 Å². The van der Waals surface area contributed by atoms with Gasteiger partial charge in [0.2, 0.25) is 5.88 Å². The van der Waals surface area contributed by atoms with Crippen LogP contribution in [0, 0.1) is 5.82 Å². The van der Waals surface area contributed by atoms with Crippen LogP contribution in [0.4, 0.5) is 10.1 Å². The number of anilines is 1. The number of carbonyl (C=O) groups excluding carboxylic acids is 1. The second-order valence-corrected chi connectivity index (χ2v) is 4.83. The molecule has 2 heterocycles. The second kappa shape index (κ2) is 7.35. The molecule has 0 saturated heterocycles. The maximum atomic E-state index is 13.5. The number of aromatic nitrogens is 3. The molecule has 1 aromatic carbocycles. The zero-order chi connectivity index (χ0) is 17.6. The Bertz CT molecular complexity index is 870. The fraction of sp³-hybridized carbons (Fsp3) is 0.0588. The number of para-hydroxylation sites is 1. The summed E-state index contributed by atoms with van der Waals surface area (Å²) in [4.78, 5) is 23.9. The number of amides is 1. The SMILES string of the molecule is COc1ccc(C(=O)Nc2cnc(Oc3ccccc3F)nc2)cn1. The van der Waals surface area contributed by atoms with Crippen molar-refractivity contribution in [2.45, 2.75) is 0 Å². The van der Waals surface area contributed by atoms with E-state index in [1.165, 1.54) is 37.8 Å². The Morgan fingerprint density at radius 2 is 1.80 bits per heavy atom. The summed E-state index contributed by atoms with van der Waals surface area (Å²) in [6.07, 6.45) is 4.11. The van der Waals surface area contributed by atoms with E-state index < -0.39 is 5.82 Å². The van der Waals surface area contributed by atoms with Gasteiger partial charge in [-0.1, -0.05) is 12.1 Å². The summed E-state index contributed by atoms with van der Waals surface area (Å²) in [5.41, 5.74) is 0.717. The van der Waals surface area contributed by atoms with Gasteiger partial charge in [-0.2, -0.15) is 0 Å². The van der Waals surface area contributed by atoms with Crippen molar-refractivity contribution >= 4 is 11.6 Å². The number of ether oxygens (including phenoxy) is 2. The molecule has 0 atom stereocenters. The van der Waals surface area contributed by atoms with Gasteiger partial charge in [0.1, 0.15) is 0 Å². The van der Waals surface area contributed by atoms with Crippen LogP contribution in [-0.4, -0.2) is 28.0 Å². The molecule has 0 spiro atoms. The lowest BCUT2D eigenvalue weighted by Crippen LogP contribution is -2.12. The molecule has 0 bridgehead atoms. The fourth-order valence-electron chi connectivity index (χ4n) is 1.90. The number of hydrogen-bond acceptors (Lipinski definition) is 6. The lowest BCUT2D eigenvalue weighted by Gasteiger charge is -2.07. The first-order chi connectivity index (χ1) is 12.2. The zero-order valence-corrected chi connectivity index (χ0v) is 13.1. The molecular weight excluding hydrogens is 327 g/mol. The summed E-state index contributed by atoms with van der Waals surface area (Å²) < 4.78 is 23.7. The molecule has 1 N–H and O–H groups in total. The van der Waals surface area contributed by atoms with Crippen LogP contribution in [-0.2, 0) is 0 Å². The van der Waals surface area contributed by atoms with Gasteiger partial charge in [0, 0.05) is 12.3 Å². The van der Waals surface area contributed by atoms with Gasteiger partial charge in [0.25, 0.3) is 5.91 Å². The third kappa shape index (κ3) is 4.05. The monoisotopic (exact) mass is 340 g/mol. The normalized spacial score (nSPS) is 10.2. The van der Waals surface area contributed by atoms with Crippen molar-refractivity contribution in [3.8, 4) is 17.6 Å². The van der Waals surface area contributed by atoms with Gasteiger partial charge in [-0.3, -0.25) is 4.79 Å². The van der Waals surface area contributed by atoms with E-state index in [1.807, 2.05) is 0 Å². The molecular formula is C17H13FN4O3. The number of hydrogen-bond donors (Lipinski definition) is 1. The molecule has 0 saturated carbocycles. The average molecular weight is 340 g/mol. The van der Waals surface area contributed by atoms with E-state index in [0.717, 1.165) is 0 Å². The summed E-state index contributed by atoms with van der Waals surface area (Å²) in [5, 5.41) is 2.62. The van der Waals surface area contributed by atoms with E-state index >= 15 is 0 Å². The molecule has 0 unspecified atom stereocenters. The number of halogens is 1. The first-order valence-electron chi connectivity index (χ1n) is 7.21. The topological polar surface area (TPSA) is 86.2 Å². The molecule has 0 aliphatic rings. The van der Waals surface area contributed by atoms with Gasteiger partial charge in [0.05, 0.1) is 30.8 Å². The molecule has 0 aliphatic carbocycles. The minimum absolute atomic E-state index is 0.0172. The highest BCUT2D eigenvalue weighted by atomic mass is 19.1. The fourth-order valence-corrected chi connectivity index (χ4v) is 1.90. The summed E-state index contributed by atoms with van der Waals surface area (Å²) >= 11 is 0. The van der Waals surface area contributed by atoms with Crippen molar-refractivity contribution in [2.24, 2.45) is 0 Å². The number of nitrogens with zero attached hydrogens (tertiary/aromatic N) is 3. The van der Waals surface area contributed by atoms with Gasteiger partial charge >= 0.3 is 6.01 Å². The van der Waals surface area contributed by atoms with E-state index in [9.17, 15) is 9.18 Å². The molecule has 7 nitrogen and oxygen atoms in total. The molecule has 3 rings (SSSR count). The summed E-state index contributed by atoms with van der Waals surface area (Å²) in [6, 6.07) is 9.05. The molecule has 0 fully saturated rings. The minimum Gasteiger partial charge on any atom is -0.481 e. The van der Waals surface area contributed by atoms with Crippen LogP contribution in [0.25, 0.3) is 0 Å². The smallest absolute Gasteiger partial charge is 0.322 e. The first-order valence-corrected chi connectivity index (χ1v) is 7.21. The molecule has 1 amide bonds. The van der Waals surface area contributed by atoms with Crippen LogP contribution in [0.1, 0.15) is 10.4 Å². The number of methoxy groups -OCH3 is 1. The standard InChI is InChI=1S/C17H13FN4O3/c1-24-15-7-6-11(8-19-15)16(23)22-12-9-20-17(21-10-12)25-14-5-3-2-4-13(14)18/h2-10H,1H3,(H,22,23). The minimum atomic E-state index is -0.518. The largest absolute Gasteiger partial charge is 0.481 e. The first kappa shape index (κ1) is 16.3. The van der Waals surface area contributed by atoms with E-state index in [1.54, 1.807) is 24.3 Å². The van der Waals surface area contributed by atoms with Gasteiger partial charge in [-0.15, -0.1) is 0 Å².